The fourth-order valence-electron chi connectivity index (χ4n) is 2.42. The minimum atomic E-state index is -3.68. The van der Waals surface area contributed by atoms with Crippen molar-refractivity contribution < 1.29 is 17.9 Å². The van der Waals surface area contributed by atoms with Crippen molar-refractivity contribution in [2.75, 3.05) is 23.4 Å². The molecule has 6 nitrogen and oxygen atoms in total. The first-order valence-electron chi connectivity index (χ1n) is 8.20. The van der Waals surface area contributed by atoms with Gasteiger partial charge in [0.1, 0.15) is 0 Å². The Kier molecular flexibility index (Phi) is 5.03. The standard InChI is InChI=1S/C18H22N2O4S/c1-13(2)9-10-19-14-3-5-15(6-4-14)20-25(21,22)16-7-8-17-18(11-16)24-12-23-17/h3-8,11,13,19-20H,9-10,12H2,1-2H3. The highest BCUT2D eigenvalue weighted by Crippen LogP contribution is 2.34. The smallest absolute Gasteiger partial charge is 0.262 e. The highest BCUT2D eigenvalue weighted by atomic mass is 32.2. The fraction of sp³-hybridized carbons (Fsp3) is 0.333. The Morgan fingerprint density at radius 1 is 1.00 bits per heavy atom. The summed E-state index contributed by atoms with van der Waals surface area (Å²) in [7, 11) is -3.68. The van der Waals surface area contributed by atoms with E-state index in [1.165, 1.54) is 12.1 Å². The first-order valence-corrected chi connectivity index (χ1v) is 9.69. The molecule has 25 heavy (non-hydrogen) atoms. The van der Waals surface area contributed by atoms with Crippen molar-refractivity contribution in [2.45, 2.75) is 25.2 Å². The Hall–Kier alpha value is -2.41. The highest BCUT2D eigenvalue weighted by molar-refractivity contribution is 7.92. The zero-order valence-electron chi connectivity index (χ0n) is 14.3. The lowest BCUT2D eigenvalue weighted by molar-refractivity contribution is 0.174. The molecule has 2 aromatic rings. The second-order valence-electron chi connectivity index (χ2n) is 6.31. The zero-order chi connectivity index (χ0) is 17.9. The largest absolute Gasteiger partial charge is 0.454 e. The molecule has 1 aliphatic rings. The van der Waals surface area contributed by atoms with Gasteiger partial charge in [0.15, 0.2) is 11.5 Å². The number of ether oxygens (including phenoxy) is 2. The van der Waals surface area contributed by atoms with Gasteiger partial charge in [-0.3, -0.25) is 4.72 Å². The van der Waals surface area contributed by atoms with Crippen molar-refractivity contribution in [2.24, 2.45) is 5.92 Å². The molecule has 1 heterocycles. The van der Waals surface area contributed by atoms with Crippen LogP contribution in [-0.4, -0.2) is 21.8 Å². The van der Waals surface area contributed by atoms with E-state index in [4.69, 9.17) is 9.47 Å². The predicted molar refractivity (Wildman–Crippen MR) is 97.8 cm³/mol. The van der Waals surface area contributed by atoms with Crippen LogP contribution < -0.4 is 19.5 Å². The summed E-state index contributed by atoms with van der Waals surface area (Å²) in [5.41, 5.74) is 1.47. The molecule has 1 aliphatic heterocycles. The molecule has 0 saturated heterocycles. The van der Waals surface area contributed by atoms with E-state index in [1.807, 2.05) is 12.1 Å². The van der Waals surface area contributed by atoms with Crippen LogP contribution in [-0.2, 0) is 10.0 Å². The van der Waals surface area contributed by atoms with E-state index in [0.717, 1.165) is 18.7 Å². The van der Waals surface area contributed by atoms with Crippen molar-refractivity contribution in [1.82, 2.24) is 0 Å². The van der Waals surface area contributed by atoms with Gasteiger partial charge in [-0.15, -0.1) is 0 Å². The summed E-state index contributed by atoms with van der Waals surface area (Å²) in [6.07, 6.45) is 1.08. The number of sulfonamides is 1. The number of rotatable bonds is 7. The van der Waals surface area contributed by atoms with Crippen LogP contribution in [0.2, 0.25) is 0 Å². The van der Waals surface area contributed by atoms with Crippen LogP contribution in [0.25, 0.3) is 0 Å². The van der Waals surface area contributed by atoms with Gasteiger partial charge in [-0.1, -0.05) is 13.8 Å². The lowest BCUT2D eigenvalue weighted by atomic mass is 10.1. The highest BCUT2D eigenvalue weighted by Gasteiger charge is 2.20. The maximum absolute atomic E-state index is 12.5. The molecule has 0 spiro atoms. The summed E-state index contributed by atoms with van der Waals surface area (Å²) in [6, 6.07) is 11.8. The van der Waals surface area contributed by atoms with Crippen LogP contribution in [0, 0.1) is 5.92 Å². The molecular weight excluding hydrogens is 340 g/mol. The van der Waals surface area contributed by atoms with Crippen molar-refractivity contribution in [1.29, 1.82) is 0 Å². The second kappa shape index (κ2) is 7.23. The normalized spacial score (nSPS) is 13.1. The number of nitrogens with one attached hydrogen (secondary N) is 2. The van der Waals surface area contributed by atoms with Gasteiger partial charge in [-0.25, -0.2) is 8.42 Å². The Balaban J connectivity index is 1.66. The average Bonchev–Trinajstić information content (AvgIpc) is 3.03. The molecule has 0 bridgehead atoms. The Morgan fingerprint density at radius 2 is 1.68 bits per heavy atom. The molecule has 3 rings (SSSR count). The first kappa shape index (κ1) is 17.4. The van der Waals surface area contributed by atoms with Crippen LogP contribution >= 0.6 is 0 Å². The molecule has 2 aromatic carbocycles. The minimum Gasteiger partial charge on any atom is -0.454 e. The van der Waals surface area contributed by atoms with Gasteiger partial charge in [0.05, 0.1) is 4.90 Å². The lowest BCUT2D eigenvalue weighted by Gasteiger charge is -2.11. The average molecular weight is 362 g/mol. The third kappa shape index (κ3) is 4.36. The minimum absolute atomic E-state index is 0.109. The van der Waals surface area contributed by atoms with E-state index in [9.17, 15) is 8.42 Å². The summed E-state index contributed by atoms with van der Waals surface area (Å²) in [5.74, 6) is 1.63. The molecular formula is C18H22N2O4S. The Morgan fingerprint density at radius 3 is 2.40 bits per heavy atom. The maximum atomic E-state index is 12.5. The van der Waals surface area contributed by atoms with Crippen LogP contribution in [0.4, 0.5) is 11.4 Å². The van der Waals surface area contributed by atoms with E-state index < -0.39 is 10.0 Å². The quantitative estimate of drug-likeness (QED) is 0.786. The first-order chi connectivity index (χ1) is 11.9. The third-order valence-electron chi connectivity index (χ3n) is 3.84. The molecule has 0 aromatic heterocycles. The van der Waals surface area contributed by atoms with Crippen LogP contribution in [0.15, 0.2) is 47.4 Å². The van der Waals surface area contributed by atoms with E-state index in [1.54, 1.807) is 18.2 Å². The molecule has 7 heteroatoms. The summed E-state index contributed by atoms with van der Waals surface area (Å²) >= 11 is 0. The van der Waals surface area contributed by atoms with Crippen molar-refractivity contribution in [3.63, 3.8) is 0 Å². The Labute approximate surface area is 148 Å². The van der Waals surface area contributed by atoms with Gasteiger partial charge in [0, 0.05) is 24.0 Å². The molecule has 0 aliphatic carbocycles. The lowest BCUT2D eigenvalue weighted by Crippen LogP contribution is -2.13. The van der Waals surface area contributed by atoms with Gasteiger partial charge in [0.2, 0.25) is 6.79 Å². The summed E-state index contributed by atoms with van der Waals surface area (Å²) < 4.78 is 38.0. The summed E-state index contributed by atoms with van der Waals surface area (Å²) in [6.45, 7) is 5.35. The van der Waals surface area contributed by atoms with E-state index >= 15 is 0 Å². The molecule has 2 N–H and O–H groups in total. The molecule has 0 amide bonds. The zero-order valence-corrected chi connectivity index (χ0v) is 15.1. The number of anilines is 2. The monoisotopic (exact) mass is 362 g/mol. The third-order valence-corrected chi connectivity index (χ3v) is 5.22. The molecule has 0 radical (unpaired) electrons. The summed E-state index contributed by atoms with van der Waals surface area (Å²) in [4.78, 5) is 0.135. The SMILES string of the molecule is CC(C)CCNc1ccc(NS(=O)(=O)c2ccc3c(c2)OCO3)cc1. The molecule has 0 atom stereocenters. The second-order valence-corrected chi connectivity index (χ2v) is 7.99. The van der Waals surface area contributed by atoms with Crippen molar-refractivity contribution in [3.8, 4) is 11.5 Å². The van der Waals surface area contributed by atoms with E-state index in [-0.39, 0.29) is 11.7 Å². The Bertz CT molecular complexity index is 833. The maximum Gasteiger partial charge on any atom is 0.262 e. The van der Waals surface area contributed by atoms with E-state index in [2.05, 4.69) is 23.9 Å². The predicted octanol–water partition coefficient (Wildman–Crippen LogP) is 3.67. The van der Waals surface area contributed by atoms with Crippen LogP contribution in [0.5, 0.6) is 11.5 Å². The van der Waals surface area contributed by atoms with E-state index in [0.29, 0.717) is 23.1 Å². The molecule has 0 saturated carbocycles. The van der Waals surface area contributed by atoms with Crippen LogP contribution in [0.1, 0.15) is 20.3 Å². The van der Waals surface area contributed by atoms with Gasteiger partial charge >= 0.3 is 0 Å². The summed E-state index contributed by atoms with van der Waals surface area (Å²) in [5, 5.41) is 3.32. The van der Waals surface area contributed by atoms with Gasteiger partial charge in [0.25, 0.3) is 10.0 Å². The topological polar surface area (TPSA) is 76.7 Å². The van der Waals surface area contributed by atoms with Crippen LogP contribution in [0.3, 0.4) is 0 Å². The van der Waals surface area contributed by atoms with Gasteiger partial charge in [-0.05, 0) is 48.7 Å². The number of hydrogen-bond acceptors (Lipinski definition) is 5. The van der Waals surface area contributed by atoms with Gasteiger partial charge in [-0.2, -0.15) is 0 Å². The molecule has 0 unspecified atom stereocenters. The van der Waals surface area contributed by atoms with Gasteiger partial charge < -0.3 is 14.8 Å². The number of hydrogen-bond donors (Lipinski definition) is 2. The molecule has 0 fully saturated rings. The van der Waals surface area contributed by atoms with Crippen molar-refractivity contribution in [3.05, 3.63) is 42.5 Å². The number of fused-ring (bicyclic) bond motifs is 1. The number of benzene rings is 2. The fourth-order valence-corrected chi connectivity index (χ4v) is 3.49. The van der Waals surface area contributed by atoms with Crippen molar-refractivity contribution >= 4 is 21.4 Å². The molecule has 134 valence electrons.